The molecule has 3 aromatic rings. The van der Waals surface area contributed by atoms with Crippen LogP contribution in [-0.4, -0.2) is 30.4 Å². The van der Waals surface area contributed by atoms with Crippen LogP contribution in [0.5, 0.6) is 5.75 Å². The van der Waals surface area contributed by atoms with Crippen LogP contribution < -0.4 is 9.64 Å². The van der Waals surface area contributed by atoms with Crippen molar-refractivity contribution < 1.29 is 24.2 Å². The van der Waals surface area contributed by atoms with E-state index in [-0.39, 0.29) is 6.61 Å². The molecule has 0 atom stereocenters. The molecule has 6 nitrogen and oxygen atoms in total. The van der Waals surface area contributed by atoms with Gasteiger partial charge in [-0.05, 0) is 54.5 Å². The summed E-state index contributed by atoms with van der Waals surface area (Å²) >= 11 is 0. The fourth-order valence-corrected chi connectivity index (χ4v) is 2.98. The monoisotopic (exact) mass is 417 g/mol. The molecule has 0 aliphatic heterocycles. The summed E-state index contributed by atoms with van der Waals surface area (Å²) in [6.45, 7) is 1.52. The molecule has 6 heteroatoms. The lowest BCUT2D eigenvalue weighted by atomic mass is 10.1. The molecule has 0 unspecified atom stereocenters. The van der Waals surface area contributed by atoms with E-state index in [1.54, 1.807) is 18.2 Å². The van der Waals surface area contributed by atoms with Gasteiger partial charge in [0.15, 0.2) is 6.61 Å². The van der Waals surface area contributed by atoms with Crippen LogP contribution in [0.2, 0.25) is 0 Å². The maximum atomic E-state index is 12.8. The third kappa shape index (κ3) is 5.96. The third-order valence-electron chi connectivity index (χ3n) is 4.49. The summed E-state index contributed by atoms with van der Waals surface area (Å²) in [6.07, 6.45) is 3.05. The highest BCUT2D eigenvalue weighted by molar-refractivity contribution is 5.95. The van der Waals surface area contributed by atoms with E-state index in [4.69, 9.17) is 14.6 Å². The van der Waals surface area contributed by atoms with Crippen molar-refractivity contribution >= 4 is 29.5 Å². The lowest BCUT2D eigenvalue weighted by Gasteiger charge is -2.22. The Morgan fingerprint density at radius 3 is 2.10 bits per heavy atom. The van der Waals surface area contributed by atoms with Gasteiger partial charge in [-0.15, -0.1) is 0 Å². The van der Waals surface area contributed by atoms with E-state index in [1.807, 2.05) is 79.7 Å². The molecule has 0 heterocycles. The lowest BCUT2D eigenvalue weighted by molar-refractivity contribution is -0.139. The quantitative estimate of drug-likeness (QED) is 0.528. The van der Waals surface area contributed by atoms with Gasteiger partial charge in [0.25, 0.3) is 0 Å². The van der Waals surface area contributed by atoms with E-state index in [2.05, 4.69) is 0 Å². The van der Waals surface area contributed by atoms with Crippen molar-refractivity contribution in [2.45, 2.75) is 6.92 Å². The first-order valence-corrected chi connectivity index (χ1v) is 9.74. The van der Waals surface area contributed by atoms with Crippen LogP contribution >= 0.6 is 0 Å². The maximum Gasteiger partial charge on any atom is 0.419 e. The van der Waals surface area contributed by atoms with Gasteiger partial charge in [-0.1, -0.05) is 54.6 Å². The number of hydrogen-bond acceptors (Lipinski definition) is 4. The zero-order chi connectivity index (χ0) is 22.1. The average Bonchev–Trinajstić information content (AvgIpc) is 2.78. The summed E-state index contributed by atoms with van der Waals surface area (Å²) in [5.74, 6) is -0.533. The molecular formula is C25H23NO5. The molecule has 3 aromatic carbocycles. The smallest absolute Gasteiger partial charge is 0.419 e. The Balaban J connectivity index is 1.67. The molecule has 3 rings (SSSR count). The van der Waals surface area contributed by atoms with Crippen molar-refractivity contribution in [3.05, 3.63) is 96.1 Å². The standard InChI is InChI=1S/C25H23NO5/c1-19-20(10-8-16-23(19)31-18-24(27)28)11-9-17-30-25(29)26(21-12-4-2-5-13-21)22-14-6-3-7-15-22/h2-16H,17-18H2,1H3,(H,27,28)/b11-9+. The van der Waals surface area contributed by atoms with Gasteiger partial charge in [0.05, 0.1) is 11.4 Å². The van der Waals surface area contributed by atoms with Crippen LogP contribution in [-0.2, 0) is 9.53 Å². The number of carbonyl (C=O) groups excluding carboxylic acids is 1. The van der Waals surface area contributed by atoms with E-state index < -0.39 is 18.7 Å². The lowest BCUT2D eigenvalue weighted by Crippen LogP contribution is -2.26. The van der Waals surface area contributed by atoms with Crippen LogP contribution in [0.15, 0.2) is 84.9 Å². The minimum Gasteiger partial charge on any atom is -0.482 e. The molecule has 1 N–H and O–H groups in total. The Hall–Kier alpha value is -4.06. The minimum absolute atomic E-state index is 0.0780. The van der Waals surface area contributed by atoms with Gasteiger partial charge in [0.2, 0.25) is 0 Å². The first-order valence-electron chi connectivity index (χ1n) is 9.74. The molecular weight excluding hydrogens is 394 g/mol. The normalized spacial score (nSPS) is 10.6. The van der Waals surface area contributed by atoms with Gasteiger partial charge in [-0.2, -0.15) is 0 Å². The number of anilines is 2. The molecule has 0 fully saturated rings. The number of para-hydroxylation sites is 2. The second-order valence-corrected chi connectivity index (χ2v) is 6.64. The van der Waals surface area contributed by atoms with Crippen molar-refractivity contribution in [2.75, 3.05) is 18.1 Å². The molecule has 1 amide bonds. The molecule has 158 valence electrons. The number of carboxylic acid groups (broad SMARTS) is 1. The first-order chi connectivity index (χ1) is 15.1. The second-order valence-electron chi connectivity index (χ2n) is 6.64. The highest BCUT2D eigenvalue weighted by Crippen LogP contribution is 2.26. The summed E-state index contributed by atoms with van der Waals surface area (Å²) in [5.41, 5.74) is 3.08. The number of rotatable bonds is 8. The van der Waals surface area contributed by atoms with E-state index in [1.165, 1.54) is 4.90 Å². The van der Waals surface area contributed by atoms with Crippen LogP contribution in [0.3, 0.4) is 0 Å². The number of hydrogen-bond donors (Lipinski definition) is 1. The average molecular weight is 417 g/mol. The van der Waals surface area contributed by atoms with Gasteiger partial charge in [0, 0.05) is 0 Å². The number of amides is 1. The summed E-state index contributed by atoms with van der Waals surface area (Å²) in [4.78, 5) is 25.0. The predicted molar refractivity (Wildman–Crippen MR) is 120 cm³/mol. The Kier molecular flexibility index (Phi) is 7.43. The van der Waals surface area contributed by atoms with Gasteiger partial charge in [-0.3, -0.25) is 0 Å². The van der Waals surface area contributed by atoms with Gasteiger partial charge < -0.3 is 14.6 Å². The van der Waals surface area contributed by atoms with Crippen LogP contribution in [0.1, 0.15) is 11.1 Å². The Morgan fingerprint density at radius 2 is 1.52 bits per heavy atom. The molecule has 0 aliphatic rings. The van der Waals surface area contributed by atoms with E-state index >= 15 is 0 Å². The minimum atomic E-state index is -1.03. The largest absolute Gasteiger partial charge is 0.482 e. The van der Waals surface area contributed by atoms with Gasteiger partial charge in [0.1, 0.15) is 12.4 Å². The van der Waals surface area contributed by atoms with Crippen molar-refractivity contribution in [3.63, 3.8) is 0 Å². The number of carbonyl (C=O) groups is 2. The Morgan fingerprint density at radius 1 is 0.903 bits per heavy atom. The summed E-state index contributed by atoms with van der Waals surface area (Å²) < 4.78 is 10.8. The van der Waals surface area contributed by atoms with Crippen molar-refractivity contribution in [1.82, 2.24) is 0 Å². The number of carboxylic acids is 1. The summed E-state index contributed by atoms with van der Waals surface area (Å²) in [5, 5.41) is 8.78. The van der Waals surface area contributed by atoms with Crippen molar-refractivity contribution in [1.29, 1.82) is 0 Å². The van der Waals surface area contributed by atoms with Gasteiger partial charge in [-0.25, -0.2) is 14.5 Å². The number of benzene rings is 3. The molecule has 0 saturated carbocycles. The predicted octanol–water partition coefficient (Wildman–Crippen LogP) is 5.45. The Labute approximate surface area is 181 Å². The fourth-order valence-electron chi connectivity index (χ4n) is 2.98. The number of nitrogens with zero attached hydrogens (tertiary/aromatic N) is 1. The van der Waals surface area contributed by atoms with E-state index in [0.29, 0.717) is 17.1 Å². The van der Waals surface area contributed by atoms with E-state index in [9.17, 15) is 9.59 Å². The number of aliphatic carboxylic acids is 1. The highest BCUT2D eigenvalue weighted by atomic mass is 16.6. The van der Waals surface area contributed by atoms with E-state index in [0.717, 1.165) is 11.1 Å². The summed E-state index contributed by atoms with van der Waals surface area (Å²) in [6, 6.07) is 24.0. The topological polar surface area (TPSA) is 76.1 Å². The van der Waals surface area contributed by atoms with Gasteiger partial charge >= 0.3 is 12.1 Å². The molecule has 0 aliphatic carbocycles. The molecule has 31 heavy (non-hydrogen) atoms. The molecule has 0 saturated heterocycles. The summed E-state index contributed by atoms with van der Waals surface area (Å²) in [7, 11) is 0. The zero-order valence-electron chi connectivity index (χ0n) is 17.1. The molecule has 0 radical (unpaired) electrons. The SMILES string of the molecule is Cc1c(/C=C/COC(=O)N(c2ccccc2)c2ccccc2)cccc1OCC(=O)O. The Bertz CT molecular complexity index is 1010. The number of ether oxygens (including phenoxy) is 2. The first kappa shape index (κ1) is 21.6. The highest BCUT2D eigenvalue weighted by Gasteiger charge is 2.18. The molecule has 0 spiro atoms. The van der Waals surface area contributed by atoms with Crippen LogP contribution in [0, 0.1) is 6.92 Å². The maximum absolute atomic E-state index is 12.8. The molecule has 0 bridgehead atoms. The van der Waals surface area contributed by atoms with Crippen LogP contribution in [0.4, 0.5) is 16.2 Å². The zero-order valence-corrected chi connectivity index (χ0v) is 17.1. The van der Waals surface area contributed by atoms with Crippen molar-refractivity contribution in [2.24, 2.45) is 0 Å². The van der Waals surface area contributed by atoms with Crippen LogP contribution in [0.25, 0.3) is 6.08 Å². The fraction of sp³-hybridized carbons (Fsp3) is 0.120. The third-order valence-corrected chi connectivity index (χ3v) is 4.49. The second kappa shape index (κ2) is 10.6. The molecule has 0 aromatic heterocycles. The van der Waals surface area contributed by atoms with Crippen molar-refractivity contribution in [3.8, 4) is 5.75 Å².